The molecule has 1 aromatic rings. The van der Waals surface area contributed by atoms with Crippen molar-refractivity contribution in [1.82, 2.24) is 5.32 Å². The highest BCUT2D eigenvalue weighted by atomic mass is 32.2. The Hall–Kier alpha value is -1.36. The van der Waals surface area contributed by atoms with E-state index < -0.39 is 9.84 Å². The molecular formula is C16H25NO3S. The zero-order chi connectivity index (χ0) is 15.6. The van der Waals surface area contributed by atoms with Gasteiger partial charge in [-0.15, -0.1) is 0 Å². The van der Waals surface area contributed by atoms with Crippen LogP contribution in [0.1, 0.15) is 45.4 Å². The van der Waals surface area contributed by atoms with Gasteiger partial charge in [-0.05, 0) is 18.6 Å². The van der Waals surface area contributed by atoms with Crippen LogP contribution >= 0.6 is 0 Å². The van der Waals surface area contributed by atoms with Crippen LogP contribution in [0.5, 0.6) is 0 Å². The summed E-state index contributed by atoms with van der Waals surface area (Å²) >= 11 is 0. The van der Waals surface area contributed by atoms with Crippen molar-refractivity contribution in [3.05, 3.63) is 30.3 Å². The quantitative estimate of drug-likeness (QED) is 0.676. The van der Waals surface area contributed by atoms with E-state index in [9.17, 15) is 13.2 Å². The fourth-order valence-corrected chi connectivity index (χ4v) is 3.23. The van der Waals surface area contributed by atoms with Gasteiger partial charge in [0.25, 0.3) is 0 Å². The number of hydrogen-bond donors (Lipinski definition) is 1. The van der Waals surface area contributed by atoms with E-state index in [1.807, 2.05) is 0 Å². The van der Waals surface area contributed by atoms with Gasteiger partial charge in [0.2, 0.25) is 5.91 Å². The van der Waals surface area contributed by atoms with Gasteiger partial charge in [-0.25, -0.2) is 8.42 Å². The van der Waals surface area contributed by atoms with Crippen molar-refractivity contribution < 1.29 is 13.2 Å². The molecule has 1 rings (SSSR count). The van der Waals surface area contributed by atoms with Crippen molar-refractivity contribution in [2.24, 2.45) is 0 Å². The van der Waals surface area contributed by atoms with E-state index in [-0.39, 0.29) is 18.2 Å². The summed E-state index contributed by atoms with van der Waals surface area (Å²) in [6, 6.07) is 8.32. The molecule has 0 heterocycles. The number of sulfone groups is 1. The molecule has 1 amide bonds. The molecule has 0 atom stereocenters. The molecule has 0 radical (unpaired) electrons. The molecule has 0 aliphatic heterocycles. The van der Waals surface area contributed by atoms with Gasteiger partial charge in [-0.3, -0.25) is 4.79 Å². The molecule has 0 aliphatic rings. The Morgan fingerprint density at radius 3 is 2.38 bits per heavy atom. The van der Waals surface area contributed by atoms with E-state index >= 15 is 0 Å². The van der Waals surface area contributed by atoms with Crippen LogP contribution in [0.2, 0.25) is 0 Å². The minimum atomic E-state index is -3.30. The van der Waals surface area contributed by atoms with E-state index in [1.165, 1.54) is 12.8 Å². The largest absolute Gasteiger partial charge is 0.355 e. The Kier molecular flexibility index (Phi) is 8.05. The van der Waals surface area contributed by atoms with Crippen molar-refractivity contribution >= 4 is 15.7 Å². The molecule has 4 nitrogen and oxygen atoms in total. The lowest BCUT2D eigenvalue weighted by Gasteiger charge is -2.06. The average molecular weight is 311 g/mol. The Balaban J connectivity index is 2.22. The van der Waals surface area contributed by atoms with Gasteiger partial charge < -0.3 is 5.32 Å². The van der Waals surface area contributed by atoms with Crippen LogP contribution in [0.4, 0.5) is 0 Å². The number of hydrogen-bond acceptors (Lipinski definition) is 3. The Morgan fingerprint density at radius 2 is 1.71 bits per heavy atom. The van der Waals surface area contributed by atoms with Crippen molar-refractivity contribution in [3.63, 3.8) is 0 Å². The van der Waals surface area contributed by atoms with Gasteiger partial charge in [0, 0.05) is 13.0 Å². The fourth-order valence-electron chi connectivity index (χ4n) is 2.05. The third-order valence-corrected chi connectivity index (χ3v) is 5.03. The summed E-state index contributed by atoms with van der Waals surface area (Å²) < 4.78 is 24.0. The first-order valence-electron chi connectivity index (χ1n) is 7.61. The maximum Gasteiger partial charge on any atom is 0.220 e. The molecule has 0 fully saturated rings. The summed E-state index contributed by atoms with van der Waals surface area (Å²) in [7, 11) is -3.30. The maximum atomic E-state index is 12.0. The minimum Gasteiger partial charge on any atom is -0.355 e. The first kappa shape index (κ1) is 17.7. The predicted molar refractivity (Wildman–Crippen MR) is 84.9 cm³/mol. The van der Waals surface area contributed by atoms with E-state index in [0.717, 1.165) is 19.3 Å². The number of carbonyl (C=O) groups excluding carboxylic acids is 1. The first-order valence-corrected chi connectivity index (χ1v) is 9.26. The van der Waals surface area contributed by atoms with Crippen LogP contribution in [0.25, 0.3) is 0 Å². The van der Waals surface area contributed by atoms with Crippen LogP contribution < -0.4 is 5.32 Å². The SMILES string of the molecule is CCCCCCCC(=O)NCCS(=O)(=O)c1ccccc1. The summed E-state index contributed by atoms with van der Waals surface area (Å²) in [5, 5.41) is 2.68. The lowest BCUT2D eigenvalue weighted by molar-refractivity contribution is -0.121. The number of benzene rings is 1. The third kappa shape index (κ3) is 7.27. The van der Waals surface area contributed by atoms with Gasteiger partial charge in [-0.1, -0.05) is 50.8 Å². The van der Waals surface area contributed by atoms with Crippen molar-refractivity contribution in [3.8, 4) is 0 Å². The van der Waals surface area contributed by atoms with Crippen molar-refractivity contribution in [2.45, 2.75) is 50.3 Å². The molecular weight excluding hydrogens is 286 g/mol. The highest BCUT2D eigenvalue weighted by molar-refractivity contribution is 7.91. The van der Waals surface area contributed by atoms with Crippen molar-refractivity contribution in [2.75, 3.05) is 12.3 Å². The lowest BCUT2D eigenvalue weighted by atomic mass is 10.1. The highest BCUT2D eigenvalue weighted by Gasteiger charge is 2.13. The van der Waals surface area contributed by atoms with Gasteiger partial charge in [0.05, 0.1) is 10.6 Å². The lowest BCUT2D eigenvalue weighted by Crippen LogP contribution is -2.28. The normalized spacial score (nSPS) is 11.3. The monoisotopic (exact) mass is 311 g/mol. The Morgan fingerprint density at radius 1 is 1.05 bits per heavy atom. The van der Waals surface area contributed by atoms with E-state index in [0.29, 0.717) is 11.3 Å². The number of carbonyl (C=O) groups is 1. The molecule has 0 bridgehead atoms. The Labute approximate surface area is 127 Å². The fraction of sp³-hybridized carbons (Fsp3) is 0.562. The zero-order valence-electron chi connectivity index (χ0n) is 12.7. The van der Waals surface area contributed by atoms with Crippen LogP contribution in [0.15, 0.2) is 35.2 Å². The summed E-state index contributed by atoms with van der Waals surface area (Å²) in [5.41, 5.74) is 0. The molecule has 0 aliphatic carbocycles. The Bertz CT molecular complexity index is 512. The first-order chi connectivity index (χ1) is 10.1. The van der Waals surface area contributed by atoms with Gasteiger partial charge in [0.1, 0.15) is 0 Å². The topological polar surface area (TPSA) is 63.2 Å². The second kappa shape index (κ2) is 9.55. The van der Waals surface area contributed by atoms with Gasteiger partial charge >= 0.3 is 0 Å². The van der Waals surface area contributed by atoms with E-state index in [4.69, 9.17) is 0 Å². The average Bonchev–Trinajstić information content (AvgIpc) is 2.48. The molecule has 0 saturated heterocycles. The molecule has 118 valence electrons. The zero-order valence-corrected chi connectivity index (χ0v) is 13.5. The van der Waals surface area contributed by atoms with Crippen molar-refractivity contribution in [1.29, 1.82) is 0 Å². The van der Waals surface area contributed by atoms with Crippen LogP contribution in [0, 0.1) is 0 Å². The maximum absolute atomic E-state index is 12.0. The second-order valence-corrected chi connectivity index (χ2v) is 7.26. The molecule has 21 heavy (non-hydrogen) atoms. The highest BCUT2D eigenvalue weighted by Crippen LogP contribution is 2.09. The molecule has 0 spiro atoms. The number of nitrogens with one attached hydrogen (secondary N) is 1. The molecule has 0 aromatic heterocycles. The number of amides is 1. The summed E-state index contributed by atoms with van der Waals surface area (Å²) in [4.78, 5) is 11.9. The van der Waals surface area contributed by atoms with Crippen LogP contribution in [0.3, 0.4) is 0 Å². The summed E-state index contributed by atoms with van der Waals surface area (Å²) in [6.07, 6.45) is 5.96. The molecule has 0 unspecified atom stereocenters. The standard InChI is InChI=1S/C16H25NO3S/c1-2-3-4-5-9-12-16(18)17-13-14-21(19,20)15-10-7-6-8-11-15/h6-8,10-11H,2-5,9,12-14H2,1H3,(H,17,18). The molecule has 0 saturated carbocycles. The van der Waals surface area contributed by atoms with Crippen LogP contribution in [-0.2, 0) is 14.6 Å². The minimum absolute atomic E-state index is 0.0570. The van der Waals surface area contributed by atoms with Gasteiger partial charge in [0.15, 0.2) is 9.84 Å². The molecule has 5 heteroatoms. The summed E-state index contributed by atoms with van der Waals surface area (Å²) in [5.74, 6) is -0.117. The number of unbranched alkanes of at least 4 members (excludes halogenated alkanes) is 4. The third-order valence-electron chi connectivity index (χ3n) is 3.30. The van der Waals surface area contributed by atoms with Crippen LogP contribution in [-0.4, -0.2) is 26.6 Å². The second-order valence-electron chi connectivity index (χ2n) is 5.15. The van der Waals surface area contributed by atoms with E-state index in [1.54, 1.807) is 30.3 Å². The summed E-state index contributed by atoms with van der Waals surface area (Å²) in [6.45, 7) is 2.32. The van der Waals surface area contributed by atoms with E-state index in [2.05, 4.69) is 12.2 Å². The number of rotatable bonds is 10. The molecule has 1 N–H and O–H groups in total. The smallest absolute Gasteiger partial charge is 0.220 e. The molecule has 1 aromatic carbocycles. The predicted octanol–water partition coefficient (Wildman–Crippen LogP) is 2.94. The van der Waals surface area contributed by atoms with Gasteiger partial charge in [-0.2, -0.15) is 0 Å².